The van der Waals surface area contributed by atoms with Gasteiger partial charge in [0.05, 0.1) is 33.1 Å². The zero-order chi connectivity index (χ0) is 28.5. The molecule has 0 bridgehead atoms. The Kier molecular flexibility index (Phi) is 4.10. The molecule has 0 fully saturated rings. The van der Waals surface area contributed by atoms with Crippen LogP contribution in [0.25, 0.3) is 98.4 Å². The molecule has 4 aromatic heterocycles. The van der Waals surface area contributed by atoms with Crippen LogP contribution < -0.4 is 0 Å². The molecule has 0 radical (unpaired) electrons. The molecule has 0 aliphatic rings. The molecule has 11 rings (SSSR count). The van der Waals surface area contributed by atoms with Gasteiger partial charge in [0.2, 0.25) is 0 Å². The smallest absolute Gasteiger partial charge is 0.0620 e. The first-order valence-electron chi connectivity index (χ1n) is 15.3. The molecule has 4 heterocycles. The fraction of sp³-hybridized carbons (Fsp3) is 0. The Morgan fingerprint density at radius 3 is 1.59 bits per heavy atom. The molecule has 0 spiro atoms. The van der Waals surface area contributed by atoms with E-state index in [2.05, 4.69) is 154 Å². The van der Waals surface area contributed by atoms with E-state index >= 15 is 0 Å². The molecule has 0 aliphatic carbocycles. The standard InChI is InChI=1S/C42H24N2/c1-2-10-25(11-3-1)26-20-21-39-34(22-26)36-24-27(23-35-30-13-5-6-18-37(30)43(39)42(35)36)28-14-8-16-32-33-17-9-15-31-29-12-4-7-19-38(29)44(40(28)32)41(31)33/h1-24H. The predicted octanol–water partition coefficient (Wildman–Crippen LogP) is 11.3. The van der Waals surface area contributed by atoms with Crippen molar-refractivity contribution >= 4 is 76.2 Å². The summed E-state index contributed by atoms with van der Waals surface area (Å²) in [5.74, 6) is 0. The van der Waals surface area contributed by atoms with E-state index in [1.54, 1.807) is 0 Å². The molecule has 0 atom stereocenters. The molecule has 7 aromatic carbocycles. The fourth-order valence-corrected chi connectivity index (χ4v) is 8.17. The van der Waals surface area contributed by atoms with Gasteiger partial charge in [-0.15, -0.1) is 0 Å². The summed E-state index contributed by atoms with van der Waals surface area (Å²) >= 11 is 0. The van der Waals surface area contributed by atoms with Gasteiger partial charge in [-0.2, -0.15) is 0 Å². The Morgan fingerprint density at radius 2 is 0.795 bits per heavy atom. The lowest BCUT2D eigenvalue weighted by Gasteiger charge is -2.08. The number of para-hydroxylation sites is 4. The number of nitrogens with zero attached hydrogens (tertiary/aromatic N) is 2. The number of aromatic nitrogens is 2. The highest BCUT2D eigenvalue weighted by Gasteiger charge is 2.22. The van der Waals surface area contributed by atoms with Crippen molar-refractivity contribution in [1.29, 1.82) is 0 Å². The van der Waals surface area contributed by atoms with Crippen LogP contribution in [0.5, 0.6) is 0 Å². The third-order valence-corrected chi connectivity index (χ3v) is 9.96. The first kappa shape index (κ1) is 22.7. The lowest BCUT2D eigenvalue weighted by atomic mass is 9.96. The normalized spacial score (nSPS) is 12.5. The minimum absolute atomic E-state index is 1.24. The third kappa shape index (κ3) is 2.68. The van der Waals surface area contributed by atoms with Crippen LogP contribution in [0.1, 0.15) is 0 Å². The van der Waals surface area contributed by atoms with Crippen LogP contribution in [0.4, 0.5) is 0 Å². The average molecular weight is 557 g/mol. The molecule has 0 unspecified atom stereocenters. The van der Waals surface area contributed by atoms with Gasteiger partial charge in [-0.1, -0.05) is 109 Å². The summed E-state index contributed by atoms with van der Waals surface area (Å²) < 4.78 is 4.99. The topological polar surface area (TPSA) is 8.82 Å². The highest BCUT2D eigenvalue weighted by molar-refractivity contribution is 6.27. The molecule has 0 aliphatic heterocycles. The zero-order valence-corrected chi connectivity index (χ0v) is 23.8. The van der Waals surface area contributed by atoms with Gasteiger partial charge >= 0.3 is 0 Å². The lowest BCUT2D eigenvalue weighted by Crippen LogP contribution is -1.86. The van der Waals surface area contributed by atoms with E-state index in [1.807, 2.05) is 0 Å². The monoisotopic (exact) mass is 556 g/mol. The summed E-state index contributed by atoms with van der Waals surface area (Å²) in [6.07, 6.45) is 0. The van der Waals surface area contributed by atoms with Crippen molar-refractivity contribution in [2.24, 2.45) is 0 Å². The van der Waals surface area contributed by atoms with E-state index in [0.29, 0.717) is 0 Å². The summed E-state index contributed by atoms with van der Waals surface area (Å²) in [7, 11) is 0. The number of hydrogen-bond acceptors (Lipinski definition) is 0. The van der Waals surface area contributed by atoms with Gasteiger partial charge in [-0.3, -0.25) is 0 Å². The van der Waals surface area contributed by atoms with E-state index in [-0.39, 0.29) is 0 Å². The van der Waals surface area contributed by atoms with Crippen LogP contribution in [0, 0.1) is 0 Å². The van der Waals surface area contributed by atoms with Crippen LogP contribution in [0.15, 0.2) is 146 Å². The second-order valence-corrected chi connectivity index (χ2v) is 12.1. The molecule has 44 heavy (non-hydrogen) atoms. The molecule has 202 valence electrons. The van der Waals surface area contributed by atoms with Gasteiger partial charge in [-0.25, -0.2) is 0 Å². The summed E-state index contributed by atoms with van der Waals surface area (Å²) in [6, 6.07) is 53.9. The Hall–Kier alpha value is -5.86. The lowest BCUT2D eigenvalue weighted by molar-refractivity contribution is 1.37. The molecular formula is C42H24N2. The maximum atomic E-state index is 2.51. The summed E-state index contributed by atoms with van der Waals surface area (Å²) in [5.41, 5.74) is 12.7. The van der Waals surface area contributed by atoms with E-state index < -0.39 is 0 Å². The van der Waals surface area contributed by atoms with Crippen molar-refractivity contribution in [1.82, 2.24) is 8.80 Å². The van der Waals surface area contributed by atoms with Gasteiger partial charge in [-0.05, 0) is 53.1 Å². The highest BCUT2D eigenvalue weighted by Crippen LogP contribution is 2.46. The minimum atomic E-state index is 1.24. The number of benzene rings is 7. The summed E-state index contributed by atoms with van der Waals surface area (Å²) in [6.45, 7) is 0. The number of rotatable bonds is 2. The predicted molar refractivity (Wildman–Crippen MR) is 187 cm³/mol. The Balaban J connectivity index is 1.32. The Bertz CT molecular complexity index is 2920. The van der Waals surface area contributed by atoms with Crippen LogP contribution in [-0.4, -0.2) is 8.80 Å². The van der Waals surface area contributed by atoms with Gasteiger partial charge in [0.15, 0.2) is 0 Å². The van der Waals surface area contributed by atoms with E-state index in [1.165, 1.54) is 98.4 Å². The van der Waals surface area contributed by atoms with Crippen molar-refractivity contribution in [3.05, 3.63) is 146 Å². The quantitative estimate of drug-likeness (QED) is 0.200. The largest absolute Gasteiger partial charge is 0.308 e. The molecule has 0 amide bonds. The second-order valence-electron chi connectivity index (χ2n) is 12.1. The first-order valence-corrected chi connectivity index (χ1v) is 15.3. The Morgan fingerprint density at radius 1 is 0.273 bits per heavy atom. The van der Waals surface area contributed by atoms with E-state index in [4.69, 9.17) is 0 Å². The van der Waals surface area contributed by atoms with Crippen LogP contribution in [0.2, 0.25) is 0 Å². The molecule has 11 aromatic rings. The first-order chi connectivity index (χ1) is 21.8. The van der Waals surface area contributed by atoms with Gasteiger partial charge in [0.1, 0.15) is 0 Å². The van der Waals surface area contributed by atoms with Crippen LogP contribution in [0.3, 0.4) is 0 Å². The molecule has 0 saturated heterocycles. The Labute approximate surface area is 252 Å². The average Bonchev–Trinajstić information content (AvgIpc) is 3.81. The maximum absolute atomic E-state index is 2.51. The number of fused-ring (bicyclic) bond motifs is 12. The molecule has 0 saturated carbocycles. The molecule has 2 heteroatoms. The van der Waals surface area contributed by atoms with E-state index in [0.717, 1.165) is 0 Å². The van der Waals surface area contributed by atoms with Crippen molar-refractivity contribution in [3.63, 3.8) is 0 Å². The maximum Gasteiger partial charge on any atom is 0.0620 e. The highest BCUT2D eigenvalue weighted by atomic mass is 14.9. The summed E-state index contributed by atoms with van der Waals surface area (Å²) in [4.78, 5) is 0. The van der Waals surface area contributed by atoms with Gasteiger partial charge in [0, 0.05) is 48.7 Å². The molecule has 0 N–H and O–H groups in total. The van der Waals surface area contributed by atoms with Crippen molar-refractivity contribution < 1.29 is 0 Å². The van der Waals surface area contributed by atoms with Crippen molar-refractivity contribution in [3.8, 4) is 22.3 Å². The van der Waals surface area contributed by atoms with Crippen LogP contribution in [-0.2, 0) is 0 Å². The van der Waals surface area contributed by atoms with E-state index in [9.17, 15) is 0 Å². The van der Waals surface area contributed by atoms with Gasteiger partial charge in [0.25, 0.3) is 0 Å². The third-order valence-electron chi connectivity index (χ3n) is 9.96. The van der Waals surface area contributed by atoms with Crippen molar-refractivity contribution in [2.75, 3.05) is 0 Å². The molecule has 2 nitrogen and oxygen atoms in total. The molecular weight excluding hydrogens is 532 g/mol. The van der Waals surface area contributed by atoms with Gasteiger partial charge < -0.3 is 8.80 Å². The fourth-order valence-electron chi connectivity index (χ4n) is 8.17. The minimum Gasteiger partial charge on any atom is -0.308 e. The number of hydrogen-bond donors (Lipinski definition) is 0. The van der Waals surface area contributed by atoms with Crippen LogP contribution >= 0.6 is 0 Å². The SMILES string of the molecule is c1ccc(-c2ccc3c(c2)c2cc(-c4cccc5c6cccc7c8ccccc8n(c45)c76)cc4c5ccccc5n3c42)cc1. The second kappa shape index (κ2) is 7.94. The summed E-state index contributed by atoms with van der Waals surface area (Å²) in [5, 5.41) is 10.5. The zero-order valence-electron chi connectivity index (χ0n) is 23.8. The van der Waals surface area contributed by atoms with Crippen molar-refractivity contribution in [2.45, 2.75) is 0 Å².